The lowest BCUT2D eigenvalue weighted by atomic mass is 9.55. The van der Waals surface area contributed by atoms with Gasteiger partial charge in [-0.05, 0) is 11.8 Å². The Morgan fingerprint density at radius 3 is 1.50 bits per heavy atom. The van der Waals surface area contributed by atoms with Crippen molar-refractivity contribution < 1.29 is 19.1 Å². The summed E-state index contributed by atoms with van der Waals surface area (Å²) in [5, 5.41) is 0. The van der Waals surface area contributed by atoms with Gasteiger partial charge in [-0.2, -0.15) is 0 Å². The van der Waals surface area contributed by atoms with E-state index < -0.39 is 11.9 Å². The van der Waals surface area contributed by atoms with Crippen molar-refractivity contribution in [2.75, 3.05) is 14.2 Å². The molecule has 4 unspecified atom stereocenters. The average molecular weight is 246 g/mol. The van der Waals surface area contributed by atoms with E-state index in [1.807, 2.05) is 12.2 Å². The first-order valence-corrected chi connectivity index (χ1v) is 5.96. The van der Waals surface area contributed by atoms with Gasteiger partial charge in [-0.15, -0.1) is 0 Å². The molecule has 0 amide bonds. The zero-order chi connectivity index (χ0) is 12.9. The lowest BCUT2D eigenvalue weighted by Gasteiger charge is -2.47. The predicted molar refractivity (Wildman–Crippen MR) is 63.3 cm³/mol. The molecule has 4 rings (SSSR count). The Morgan fingerprint density at radius 1 is 0.833 bits per heavy atom. The molecule has 0 radical (unpaired) electrons. The van der Waals surface area contributed by atoms with Crippen molar-refractivity contribution in [1.82, 2.24) is 0 Å². The largest absolute Gasteiger partial charge is 0.466 e. The Balaban J connectivity index is 2.11. The maximum atomic E-state index is 11.9. The van der Waals surface area contributed by atoms with Crippen molar-refractivity contribution in [1.29, 1.82) is 0 Å². The minimum atomic E-state index is -0.423. The average Bonchev–Trinajstić information content (AvgIpc) is 2.35. The van der Waals surface area contributed by atoms with Gasteiger partial charge in [-0.3, -0.25) is 0 Å². The lowest BCUT2D eigenvalue weighted by molar-refractivity contribution is -0.141. The fraction of sp³-hybridized carbons (Fsp3) is 0.429. The van der Waals surface area contributed by atoms with E-state index in [0.29, 0.717) is 23.0 Å². The molecule has 0 aromatic carbocycles. The summed E-state index contributed by atoms with van der Waals surface area (Å²) >= 11 is 0. The van der Waals surface area contributed by atoms with Gasteiger partial charge >= 0.3 is 11.9 Å². The van der Waals surface area contributed by atoms with Crippen LogP contribution in [-0.2, 0) is 19.1 Å². The van der Waals surface area contributed by atoms with Crippen LogP contribution in [0.25, 0.3) is 0 Å². The van der Waals surface area contributed by atoms with E-state index in [4.69, 9.17) is 9.47 Å². The molecule has 0 heterocycles. The molecule has 0 saturated heterocycles. The standard InChI is InChI=1S/C14H14O4/c1-17-13(15)11-9-5-6-10(8-4-3-7(8)9)12(11)14(16)18-2/h3-10H,1-2H3. The number of carbonyl (C=O) groups is 2. The first-order chi connectivity index (χ1) is 8.69. The van der Waals surface area contributed by atoms with Crippen molar-refractivity contribution >= 4 is 11.9 Å². The molecule has 0 saturated carbocycles. The molecule has 94 valence electrons. The number of esters is 2. The lowest BCUT2D eigenvalue weighted by Crippen LogP contribution is -2.45. The highest BCUT2D eigenvalue weighted by Crippen LogP contribution is 2.53. The third-order valence-electron chi connectivity index (χ3n) is 4.12. The van der Waals surface area contributed by atoms with Crippen molar-refractivity contribution in [3.8, 4) is 0 Å². The van der Waals surface area contributed by atoms with Crippen LogP contribution < -0.4 is 0 Å². The summed E-state index contributed by atoms with van der Waals surface area (Å²) < 4.78 is 9.62. The summed E-state index contributed by atoms with van der Waals surface area (Å²) in [5.41, 5.74) is 0.949. The van der Waals surface area contributed by atoms with Crippen molar-refractivity contribution in [2.24, 2.45) is 23.7 Å². The Hall–Kier alpha value is -1.84. The second kappa shape index (κ2) is 3.83. The number of rotatable bonds is 2. The molecule has 18 heavy (non-hydrogen) atoms. The van der Waals surface area contributed by atoms with Crippen molar-refractivity contribution in [3.63, 3.8) is 0 Å². The molecule has 0 aliphatic heterocycles. The summed E-state index contributed by atoms with van der Waals surface area (Å²) in [5.74, 6) is -0.301. The Morgan fingerprint density at radius 2 is 1.22 bits per heavy atom. The molecule has 4 aliphatic carbocycles. The summed E-state index contributed by atoms with van der Waals surface area (Å²) in [4.78, 5) is 23.8. The second-order valence-electron chi connectivity index (χ2n) is 4.79. The van der Waals surface area contributed by atoms with E-state index in [1.54, 1.807) is 0 Å². The maximum Gasteiger partial charge on any atom is 0.334 e. The van der Waals surface area contributed by atoms with Crippen LogP contribution in [-0.4, -0.2) is 26.2 Å². The van der Waals surface area contributed by atoms with Crippen LogP contribution in [0.5, 0.6) is 0 Å². The van der Waals surface area contributed by atoms with E-state index in [9.17, 15) is 9.59 Å². The van der Waals surface area contributed by atoms with E-state index in [2.05, 4.69) is 12.2 Å². The highest BCUT2D eigenvalue weighted by molar-refractivity contribution is 6.02. The Labute approximate surface area is 105 Å². The molecule has 0 aromatic rings. The summed E-state index contributed by atoms with van der Waals surface area (Å²) in [7, 11) is 2.68. The zero-order valence-corrected chi connectivity index (χ0v) is 10.3. The third-order valence-corrected chi connectivity index (χ3v) is 4.12. The summed E-state index contributed by atoms with van der Waals surface area (Å²) in [6, 6.07) is 0. The normalized spacial score (nSPS) is 35.0. The molecule has 4 aliphatic rings. The van der Waals surface area contributed by atoms with Crippen molar-refractivity contribution in [3.05, 3.63) is 35.5 Å². The molecule has 0 aromatic heterocycles. The van der Waals surface area contributed by atoms with Gasteiger partial charge in [0.05, 0.1) is 25.4 Å². The van der Waals surface area contributed by atoms with Crippen LogP contribution >= 0.6 is 0 Å². The van der Waals surface area contributed by atoms with Gasteiger partial charge < -0.3 is 9.47 Å². The van der Waals surface area contributed by atoms with E-state index >= 15 is 0 Å². The van der Waals surface area contributed by atoms with Gasteiger partial charge in [0.25, 0.3) is 0 Å². The molecular weight excluding hydrogens is 232 g/mol. The van der Waals surface area contributed by atoms with Gasteiger partial charge in [0.2, 0.25) is 0 Å². The molecule has 0 fully saturated rings. The smallest absolute Gasteiger partial charge is 0.334 e. The Kier molecular flexibility index (Phi) is 2.40. The molecule has 0 N–H and O–H groups in total. The number of hydrogen-bond donors (Lipinski definition) is 0. The minimum Gasteiger partial charge on any atom is -0.466 e. The number of allylic oxidation sites excluding steroid dienone is 4. The molecule has 4 atom stereocenters. The summed E-state index contributed by atoms with van der Waals surface area (Å²) in [6.45, 7) is 0. The van der Waals surface area contributed by atoms with Crippen LogP contribution in [0, 0.1) is 23.7 Å². The van der Waals surface area contributed by atoms with Crippen LogP contribution in [0.4, 0.5) is 0 Å². The van der Waals surface area contributed by atoms with Gasteiger partial charge in [-0.25, -0.2) is 9.59 Å². The van der Waals surface area contributed by atoms with Crippen molar-refractivity contribution in [2.45, 2.75) is 0 Å². The van der Waals surface area contributed by atoms with Gasteiger partial charge in [0.1, 0.15) is 0 Å². The molecule has 0 spiro atoms. The van der Waals surface area contributed by atoms with Crippen LogP contribution in [0.3, 0.4) is 0 Å². The fourth-order valence-electron chi connectivity index (χ4n) is 3.23. The molecule has 4 heteroatoms. The van der Waals surface area contributed by atoms with E-state index in [0.717, 1.165) is 0 Å². The SMILES string of the molecule is COC(=O)C1=C(C(=O)OC)C2C=CC1C1C=CC21. The second-order valence-corrected chi connectivity index (χ2v) is 4.79. The van der Waals surface area contributed by atoms with Crippen LogP contribution in [0.15, 0.2) is 35.5 Å². The Bertz CT molecular complexity index is 468. The van der Waals surface area contributed by atoms with Crippen LogP contribution in [0.1, 0.15) is 0 Å². The predicted octanol–water partition coefficient (Wildman–Crippen LogP) is 1.25. The summed E-state index contributed by atoms with van der Waals surface area (Å²) in [6.07, 6.45) is 8.22. The first kappa shape index (κ1) is 11.3. The topological polar surface area (TPSA) is 52.6 Å². The van der Waals surface area contributed by atoms with Gasteiger partial charge in [0, 0.05) is 11.8 Å². The zero-order valence-electron chi connectivity index (χ0n) is 10.3. The highest BCUT2D eigenvalue weighted by Gasteiger charge is 2.50. The number of ether oxygens (including phenoxy) is 2. The van der Waals surface area contributed by atoms with Gasteiger partial charge in [0.15, 0.2) is 0 Å². The molecule has 4 nitrogen and oxygen atoms in total. The fourth-order valence-corrected chi connectivity index (χ4v) is 3.23. The maximum absolute atomic E-state index is 11.9. The van der Waals surface area contributed by atoms with E-state index in [-0.39, 0.29) is 11.8 Å². The monoisotopic (exact) mass is 246 g/mol. The number of carbonyl (C=O) groups excluding carboxylic acids is 2. The van der Waals surface area contributed by atoms with Gasteiger partial charge in [-0.1, -0.05) is 24.3 Å². The first-order valence-electron chi connectivity index (χ1n) is 5.96. The number of hydrogen-bond acceptors (Lipinski definition) is 4. The highest BCUT2D eigenvalue weighted by atomic mass is 16.5. The number of methoxy groups -OCH3 is 2. The molecule has 2 bridgehead atoms. The third kappa shape index (κ3) is 1.26. The van der Waals surface area contributed by atoms with E-state index in [1.165, 1.54) is 14.2 Å². The van der Waals surface area contributed by atoms with Crippen LogP contribution in [0.2, 0.25) is 0 Å². The quantitative estimate of drug-likeness (QED) is 0.543. The minimum absolute atomic E-state index is 0.0495. The molecular formula is C14H14O4.